The van der Waals surface area contributed by atoms with Crippen molar-refractivity contribution in [3.8, 4) is 0 Å². The first-order chi connectivity index (χ1) is 10.3. The Kier molecular flexibility index (Phi) is 4.08. The van der Waals surface area contributed by atoms with Crippen molar-refractivity contribution in [2.24, 2.45) is 5.73 Å². The number of aromatic nitrogens is 1. The van der Waals surface area contributed by atoms with Crippen molar-refractivity contribution in [2.45, 2.75) is 12.3 Å². The number of nitrogens with two attached hydrogens (primary N) is 1. The molecule has 3 aromatic rings. The van der Waals surface area contributed by atoms with Crippen LogP contribution < -0.4 is 5.73 Å². The van der Waals surface area contributed by atoms with Gasteiger partial charge in [0.05, 0.1) is 10.6 Å². The van der Waals surface area contributed by atoms with Gasteiger partial charge in [-0.25, -0.2) is 0 Å². The highest BCUT2D eigenvalue weighted by Gasteiger charge is 2.19. The third-order valence-corrected chi connectivity index (χ3v) is 4.39. The van der Waals surface area contributed by atoms with Crippen LogP contribution in [0.3, 0.4) is 0 Å². The molecule has 0 radical (unpaired) electrons. The summed E-state index contributed by atoms with van der Waals surface area (Å²) in [5, 5.41) is 1.12. The topological polar surface area (TPSA) is 56.0 Å². The molecule has 0 fully saturated rings. The first kappa shape index (κ1) is 13.9. The van der Waals surface area contributed by atoms with Gasteiger partial charge in [-0.2, -0.15) is 4.37 Å². The molecule has 0 amide bonds. The zero-order valence-corrected chi connectivity index (χ0v) is 12.3. The van der Waals surface area contributed by atoms with Crippen LogP contribution in [0.1, 0.15) is 17.0 Å². The van der Waals surface area contributed by atoms with Crippen molar-refractivity contribution in [3.05, 3.63) is 65.9 Å². The second kappa shape index (κ2) is 6.16. The fourth-order valence-corrected chi connectivity index (χ4v) is 3.19. The lowest BCUT2D eigenvalue weighted by molar-refractivity contribution is -0.119. The van der Waals surface area contributed by atoms with Crippen LogP contribution in [0.25, 0.3) is 10.1 Å². The Morgan fingerprint density at radius 1 is 1.19 bits per heavy atom. The molecule has 1 atom stereocenters. The number of nitrogens with zero attached hydrogens (tertiary/aromatic N) is 1. The van der Waals surface area contributed by atoms with Crippen LogP contribution in [0.15, 0.2) is 54.7 Å². The molecule has 2 N–H and O–H groups in total. The largest absolute Gasteiger partial charge is 0.329 e. The Hall–Kier alpha value is -2.04. The lowest BCUT2D eigenvalue weighted by Gasteiger charge is -2.14. The fraction of sp³-hybridized carbons (Fsp3) is 0.176. The number of hydrogen-bond acceptors (Lipinski definition) is 4. The van der Waals surface area contributed by atoms with Crippen molar-refractivity contribution in [2.75, 3.05) is 6.54 Å². The fourth-order valence-electron chi connectivity index (χ4n) is 2.48. The minimum Gasteiger partial charge on any atom is -0.329 e. The lowest BCUT2D eigenvalue weighted by Crippen LogP contribution is -2.23. The molecule has 3 rings (SSSR count). The van der Waals surface area contributed by atoms with Gasteiger partial charge in [0.25, 0.3) is 0 Å². The van der Waals surface area contributed by atoms with Gasteiger partial charge in [0, 0.05) is 24.5 Å². The number of Topliss-reactive ketones (excluding diaryl/α,β-unsaturated/α-hetero) is 1. The molecule has 0 saturated heterocycles. The van der Waals surface area contributed by atoms with E-state index in [1.807, 2.05) is 54.7 Å². The van der Waals surface area contributed by atoms with E-state index in [1.54, 1.807) is 0 Å². The van der Waals surface area contributed by atoms with E-state index in [0.717, 1.165) is 21.2 Å². The second-order valence-corrected chi connectivity index (χ2v) is 5.87. The Morgan fingerprint density at radius 3 is 2.76 bits per heavy atom. The molecule has 0 saturated carbocycles. The van der Waals surface area contributed by atoms with E-state index in [1.165, 1.54) is 11.5 Å². The number of benzene rings is 2. The summed E-state index contributed by atoms with van der Waals surface area (Å²) in [5.74, 6) is -0.0732. The molecule has 0 aliphatic carbocycles. The number of ketones is 1. The van der Waals surface area contributed by atoms with E-state index in [2.05, 4.69) is 4.37 Å². The van der Waals surface area contributed by atoms with Crippen molar-refractivity contribution < 1.29 is 4.79 Å². The Balaban J connectivity index is 1.81. The van der Waals surface area contributed by atoms with Gasteiger partial charge >= 0.3 is 0 Å². The van der Waals surface area contributed by atoms with Crippen LogP contribution in [0.2, 0.25) is 0 Å². The molecule has 2 aromatic carbocycles. The van der Waals surface area contributed by atoms with E-state index >= 15 is 0 Å². The molecule has 0 spiro atoms. The highest BCUT2D eigenvalue weighted by molar-refractivity contribution is 7.13. The van der Waals surface area contributed by atoms with Crippen molar-refractivity contribution >= 4 is 27.4 Å². The number of hydrogen-bond donors (Lipinski definition) is 1. The van der Waals surface area contributed by atoms with Gasteiger partial charge in [0.1, 0.15) is 5.78 Å². The zero-order chi connectivity index (χ0) is 14.7. The maximum absolute atomic E-state index is 12.5. The third-order valence-electron chi connectivity index (χ3n) is 3.63. The molecule has 0 bridgehead atoms. The van der Waals surface area contributed by atoms with Crippen LogP contribution in [-0.4, -0.2) is 16.7 Å². The molecular weight excluding hydrogens is 280 g/mol. The first-order valence-electron chi connectivity index (χ1n) is 6.89. The van der Waals surface area contributed by atoms with Gasteiger partial charge in [-0.1, -0.05) is 42.5 Å². The summed E-state index contributed by atoms with van der Waals surface area (Å²) >= 11 is 1.45. The van der Waals surface area contributed by atoms with Crippen LogP contribution >= 0.6 is 11.5 Å². The van der Waals surface area contributed by atoms with Gasteiger partial charge in [0.15, 0.2) is 0 Å². The predicted octanol–water partition coefficient (Wildman–Crippen LogP) is 3.15. The third kappa shape index (κ3) is 3.01. The van der Waals surface area contributed by atoms with Crippen molar-refractivity contribution in [1.82, 2.24) is 4.37 Å². The van der Waals surface area contributed by atoms with Gasteiger partial charge in [-0.15, -0.1) is 0 Å². The quantitative estimate of drug-likeness (QED) is 0.787. The number of carbonyl (C=O) groups excluding carboxylic acids is 1. The lowest BCUT2D eigenvalue weighted by atomic mass is 9.91. The van der Waals surface area contributed by atoms with E-state index in [9.17, 15) is 4.79 Å². The molecule has 0 aliphatic heterocycles. The predicted molar refractivity (Wildman–Crippen MR) is 86.6 cm³/mol. The maximum atomic E-state index is 12.5. The average molecular weight is 296 g/mol. The smallest absolute Gasteiger partial charge is 0.145 e. The molecule has 0 aliphatic rings. The second-order valence-electron chi connectivity index (χ2n) is 5.04. The average Bonchev–Trinajstić information content (AvgIpc) is 2.96. The molecule has 4 heteroatoms. The maximum Gasteiger partial charge on any atom is 0.145 e. The van der Waals surface area contributed by atoms with Crippen molar-refractivity contribution in [1.29, 1.82) is 0 Å². The van der Waals surface area contributed by atoms with Crippen LogP contribution in [0.4, 0.5) is 0 Å². The molecule has 106 valence electrons. The minimum atomic E-state index is -0.233. The van der Waals surface area contributed by atoms with E-state index < -0.39 is 0 Å². The minimum absolute atomic E-state index is 0.160. The summed E-state index contributed by atoms with van der Waals surface area (Å²) in [5.41, 5.74) is 7.81. The summed E-state index contributed by atoms with van der Waals surface area (Å²) in [7, 11) is 0. The first-order valence-corrected chi connectivity index (χ1v) is 7.66. The highest BCUT2D eigenvalue weighted by Crippen LogP contribution is 2.22. The molecule has 3 nitrogen and oxygen atoms in total. The monoisotopic (exact) mass is 296 g/mol. The summed E-state index contributed by atoms with van der Waals surface area (Å²) in [6.45, 7) is 0.339. The SMILES string of the molecule is NC[C@@H](C(=O)Cc1ccc2cnsc2c1)c1ccccc1. The van der Waals surface area contributed by atoms with Crippen LogP contribution in [-0.2, 0) is 11.2 Å². The molecule has 1 aromatic heterocycles. The molecule has 21 heavy (non-hydrogen) atoms. The summed E-state index contributed by atoms with van der Waals surface area (Å²) < 4.78 is 5.27. The molecule has 1 heterocycles. The normalized spacial score (nSPS) is 12.4. The Morgan fingerprint density at radius 2 is 2.00 bits per heavy atom. The van der Waals surface area contributed by atoms with Crippen molar-refractivity contribution in [3.63, 3.8) is 0 Å². The summed E-state index contributed by atoms with van der Waals surface area (Å²) in [4.78, 5) is 12.5. The Bertz CT molecular complexity index is 752. The summed E-state index contributed by atoms with van der Waals surface area (Å²) in [6, 6.07) is 15.8. The van der Waals surface area contributed by atoms with Gasteiger partial charge < -0.3 is 5.73 Å². The van der Waals surface area contributed by atoms with E-state index in [0.29, 0.717) is 13.0 Å². The van der Waals surface area contributed by atoms with Crippen LogP contribution in [0, 0.1) is 0 Å². The zero-order valence-electron chi connectivity index (χ0n) is 11.5. The number of fused-ring (bicyclic) bond motifs is 1. The number of rotatable bonds is 5. The van der Waals surface area contributed by atoms with Gasteiger partial charge in [0.2, 0.25) is 0 Å². The van der Waals surface area contributed by atoms with E-state index in [-0.39, 0.29) is 11.7 Å². The van der Waals surface area contributed by atoms with Gasteiger partial charge in [-0.05, 0) is 28.7 Å². The number of carbonyl (C=O) groups is 1. The standard InChI is InChI=1S/C17H16N2OS/c18-10-15(13-4-2-1-3-5-13)16(20)8-12-6-7-14-11-19-21-17(14)9-12/h1-7,9,11,15H,8,10,18H2/t15-/m1/s1. The van der Waals surface area contributed by atoms with Crippen LogP contribution in [0.5, 0.6) is 0 Å². The molecule has 0 unspecified atom stereocenters. The van der Waals surface area contributed by atoms with E-state index in [4.69, 9.17) is 5.73 Å². The summed E-state index contributed by atoms with van der Waals surface area (Å²) in [6.07, 6.45) is 2.25. The van der Waals surface area contributed by atoms with Gasteiger partial charge in [-0.3, -0.25) is 4.79 Å². The highest BCUT2D eigenvalue weighted by atomic mass is 32.1. The molecular formula is C17H16N2OS. The Labute approximate surface area is 127 Å².